The zero-order valence-electron chi connectivity index (χ0n) is 12.6. The van der Waals surface area contributed by atoms with Crippen molar-refractivity contribution in [3.05, 3.63) is 23.3 Å². The molecule has 21 heavy (non-hydrogen) atoms. The molecule has 7 heteroatoms. The number of hydrogen-bond donors (Lipinski definition) is 0. The van der Waals surface area contributed by atoms with Gasteiger partial charge >= 0.3 is 6.18 Å². The molecule has 118 valence electrons. The van der Waals surface area contributed by atoms with Gasteiger partial charge in [0.25, 0.3) is 0 Å². The van der Waals surface area contributed by atoms with Crippen molar-refractivity contribution in [1.29, 1.82) is 0 Å². The SMILES string of the molecule is Cc1nc(C(F)(F)F)ncc1CN1CCC(CN(C)C)C1. The van der Waals surface area contributed by atoms with Gasteiger partial charge in [-0.15, -0.1) is 0 Å². The highest BCUT2D eigenvalue weighted by molar-refractivity contribution is 5.17. The minimum absolute atomic E-state index is 0.411. The van der Waals surface area contributed by atoms with E-state index in [4.69, 9.17) is 0 Å². The molecule has 1 aromatic rings. The number of aryl methyl sites for hydroxylation is 1. The van der Waals surface area contributed by atoms with Crippen molar-refractivity contribution in [3.8, 4) is 0 Å². The lowest BCUT2D eigenvalue weighted by Gasteiger charge is -2.19. The molecule has 0 radical (unpaired) electrons. The molecule has 0 spiro atoms. The van der Waals surface area contributed by atoms with Crippen molar-refractivity contribution in [3.63, 3.8) is 0 Å². The number of hydrogen-bond acceptors (Lipinski definition) is 4. The first-order chi connectivity index (χ1) is 9.75. The fourth-order valence-electron chi connectivity index (χ4n) is 2.75. The van der Waals surface area contributed by atoms with Gasteiger partial charge in [-0.1, -0.05) is 0 Å². The summed E-state index contributed by atoms with van der Waals surface area (Å²) in [6, 6.07) is 0. The second kappa shape index (κ2) is 6.27. The number of rotatable bonds is 4. The topological polar surface area (TPSA) is 32.3 Å². The molecule has 1 fully saturated rings. The van der Waals surface area contributed by atoms with E-state index < -0.39 is 12.0 Å². The molecular weight excluding hydrogens is 281 g/mol. The van der Waals surface area contributed by atoms with Gasteiger partial charge in [0.2, 0.25) is 5.82 Å². The Hall–Kier alpha value is -1.21. The first-order valence-corrected chi connectivity index (χ1v) is 7.02. The molecule has 0 N–H and O–H groups in total. The first kappa shape index (κ1) is 16.2. The highest BCUT2D eigenvalue weighted by Crippen LogP contribution is 2.27. The predicted octanol–water partition coefficient (Wildman–Crippen LogP) is 2.19. The molecular formula is C14H21F3N4. The summed E-state index contributed by atoms with van der Waals surface area (Å²) in [4.78, 5) is 11.5. The summed E-state index contributed by atoms with van der Waals surface area (Å²) in [6.45, 7) is 5.21. The Morgan fingerprint density at radius 1 is 1.38 bits per heavy atom. The second-order valence-corrected chi connectivity index (χ2v) is 5.95. The van der Waals surface area contributed by atoms with Gasteiger partial charge in [-0.05, 0) is 39.9 Å². The molecule has 0 bridgehead atoms. The summed E-state index contributed by atoms with van der Waals surface area (Å²) in [7, 11) is 4.10. The summed E-state index contributed by atoms with van der Waals surface area (Å²) < 4.78 is 37.6. The maximum atomic E-state index is 12.5. The minimum Gasteiger partial charge on any atom is -0.309 e. The third-order valence-corrected chi connectivity index (χ3v) is 3.72. The molecule has 0 aromatic carbocycles. The molecule has 4 nitrogen and oxygen atoms in total. The molecule has 1 aliphatic rings. The maximum absolute atomic E-state index is 12.5. The van der Waals surface area contributed by atoms with E-state index in [9.17, 15) is 13.2 Å². The van der Waals surface area contributed by atoms with Crippen LogP contribution < -0.4 is 0 Å². The molecule has 1 aliphatic heterocycles. The van der Waals surface area contributed by atoms with Gasteiger partial charge in [-0.3, -0.25) is 4.90 Å². The maximum Gasteiger partial charge on any atom is 0.451 e. The number of likely N-dealkylation sites (tertiary alicyclic amines) is 1. The van der Waals surface area contributed by atoms with Crippen LogP contribution in [0.15, 0.2) is 6.20 Å². The summed E-state index contributed by atoms with van der Waals surface area (Å²) in [6.07, 6.45) is -2.04. The van der Waals surface area contributed by atoms with Crippen molar-refractivity contribution < 1.29 is 13.2 Å². The second-order valence-electron chi connectivity index (χ2n) is 5.95. The number of aromatic nitrogens is 2. The van der Waals surface area contributed by atoms with Crippen LogP contribution in [0, 0.1) is 12.8 Å². The van der Waals surface area contributed by atoms with Crippen LogP contribution in [0.2, 0.25) is 0 Å². The van der Waals surface area contributed by atoms with Crippen molar-refractivity contribution in [2.75, 3.05) is 33.7 Å². The quantitative estimate of drug-likeness (QED) is 0.853. The van der Waals surface area contributed by atoms with E-state index in [1.165, 1.54) is 6.20 Å². The third-order valence-electron chi connectivity index (χ3n) is 3.72. The average Bonchev–Trinajstić information content (AvgIpc) is 2.77. The van der Waals surface area contributed by atoms with E-state index in [2.05, 4.69) is 33.9 Å². The van der Waals surface area contributed by atoms with E-state index in [1.807, 2.05) is 0 Å². The lowest BCUT2D eigenvalue weighted by molar-refractivity contribution is -0.145. The zero-order valence-corrected chi connectivity index (χ0v) is 12.6. The fraction of sp³-hybridized carbons (Fsp3) is 0.714. The molecule has 0 aliphatic carbocycles. The number of alkyl halides is 3. The van der Waals surface area contributed by atoms with E-state index in [0.29, 0.717) is 18.2 Å². The van der Waals surface area contributed by atoms with Gasteiger partial charge < -0.3 is 4.90 Å². The highest BCUT2D eigenvalue weighted by atomic mass is 19.4. The van der Waals surface area contributed by atoms with Crippen molar-refractivity contribution >= 4 is 0 Å². The number of halogens is 3. The van der Waals surface area contributed by atoms with E-state index >= 15 is 0 Å². The van der Waals surface area contributed by atoms with E-state index in [1.54, 1.807) is 6.92 Å². The fourth-order valence-corrected chi connectivity index (χ4v) is 2.75. The van der Waals surface area contributed by atoms with Crippen LogP contribution in [0.4, 0.5) is 13.2 Å². The standard InChI is InChI=1S/C14H21F3N4/c1-10-12(6-18-13(19-10)14(15,16)17)9-21-5-4-11(8-21)7-20(2)3/h6,11H,4-5,7-9H2,1-3H3. The molecule has 0 amide bonds. The third kappa shape index (κ3) is 4.38. The van der Waals surface area contributed by atoms with Crippen molar-refractivity contribution in [1.82, 2.24) is 19.8 Å². The molecule has 2 heterocycles. The first-order valence-electron chi connectivity index (χ1n) is 7.02. The Morgan fingerprint density at radius 2 is 2.10 bits per heavy atom. The molecule has 0 saturated carbocycles. The Kier molecular flexibility index (Phi) is 4.83. The summed E-state index contributed by atoms with van der Waals surface area (Å²) in [5.74, 6) is -0.439. The van der Waals surface area contributed by atoms with Crippen LogP contribution in [-0.4, -0.2) is 53.5 Å². The lowest BCUT2D eigenvalue weighted by Crippen LogP contribution is -2.26. The highest BCUT2D eigenvalue weighted by Gasteiger charge is 2.35. The summed E-state index contributed by atoms with van der Waals surface area (Å²) in [5.41, 5.74) is 1.18. The van der Waals surface area contributed by atoms with Crippen molar-refractivity contribution in [2.45, 2.75) is 26.1 Å². The van der Waals surface area contributed by atoms with E-state index in [0.717, 1.165) is 31.6 Å². The molecule has 1 saturated heterocycles. The van der Waals surface area contributed by atoms with E-state index in [-0.39, 0.29) is 0 Å². The van der Waals surface area contributed by atoms with Gasteiger partial charge in [0.05, 0.1) is 0 Å². The van der Waals surface area contributed by atoms with Gasteiger partial charge in [0.15, 0.2) is 0 Å². The smallest absolute Gasteiger partial charge is 0.309 e. The Labute approximate surface area is 123 Å². The van der Waals surface area contributed by atoms with Crippen LogP contribution in [-0.2, 0) is 12.7 Å². The van der Waals surface area contributed by atoms with Gasteiger partial charge in [0.1, 0.15) is 0 Å². The monoisotopic (exact) mass is 302 g/mol. The molecule has 1 unspecified atom stereocenters. The Balaban J connectivity index is 1.98. The zero-order chi connectivity index (χ0) is 15.6. The lowest BCUT2D eigenvalue weighted by atomic mass is 10.1. The average molecular weight is 302 g/mol. The minimum atomic E-state index is -4.48. The van der Waals surface area contributed by atoms with Gasteiger partial charge in [0, 0.05) is 37.1 Å². The largest absolute Gasteiger partial charge is 0.451 e. The predicted molar refractivity (Wildman–Crippen MR) is 73.7 cm³/mol. The van der Waals surface area contributed by atoms with Crippen molar-refractivity contribution in [2.24, 2.45) is 5.92 Å². The number of nitrogens with zero attached hydrogens (tertiary/aromatic N) is 4. The molecule has 2 rings (SSSR count). The van der Waals surface area contributed by atoms with Crippen LogP contribution in [0.25, 0.3) is 0 Å². The summed E-state index contributed by atoms with van der Waals surface area (Å²) >= 11 is 0. The normalized spacial score (nSPS) is 20.4. The van der Waals surface area contributed by atoms with Gasteiger partial charge in [-0.2, -0.15) is 13.2 Å². The summed E-state index contributed by atoms with van der Waals surface area (Å²) in [5, 5.41) is 0. The van der Waals surface area contributed by atoms with Crippen LogP contribution in [0.5, 0.6) is 0 Å². The van der Waals surface area contributed by atoms with Crippen LogP contribution in [0.1, 0.15) is 23.5 Å². The molecule has 1 aromatic heterocycles. The van der Waals surface area contributed by atoms with Gasteiger partial charge in [-0.25, -0.2) is 9.97 Å². The Bertz CT molecular complexity index is 488. The Morgan fingerprint density at radius 3 is 2.67 bits per heavy atom. The van der Waals surface area contributed by atoms with Crippen LogP contribution >= 0.6 is 0 Å². The van der Waals surface area contributed by atoms with Crippen LogP contribution in [0.3, 0.4) is 0 Å². The molecule has 1 atom stereocenters.